The fourth-order valence-corrected chi connectivity index (χ4v) is 3.87. The van der Waals surface area contributed by atoms with E-state index < -0.39 is 0 Å². The average molecular weight is 410 g/mol. The Labute approximate surface area is 179 Å². The minimum atomic E-state index is -0.168. The van der Waals surface area contributed by atoms with Gasteiger partial charge in [-0.05, 0) is 49.6 Å². The molecule has 2 N–H and O–H groups in total. The molecule has 3 rings (SSSR count). The fraction of sp³-hybridized carbons (Fsp3) is 0.417. The molecule has 2 amide bonds. The van der Waals surface area contributed by atoms with Crippen LogP contribution >= 0.6 is 0 Å². The van der Waals surface area contributed by atoms with Gasteiger partial charge in [0, 0.05) is 18.4 Å². The van der Waals surface area contributed by atoms with Gasteiger partial charge in [0.15, 0.2) is 6.54 Å². The highest BCUT2D eigenvalue weighted by atomic mass is 16.2. The smallest absolute Gasteiger partial charge is 0.277 e. The Morgan fingerprint density at radius 3 is 2.43 bits per heavy atom. The summed E-state index contributed by atoms with van der Waals surface area (Å²) in [7, 11) is 1.70. The zero-order valence-corrected chi connectivity index (χ0v) is 18.5. The van der Waals surface area contributed by atoms with Gasteiger partial charge >= 0.3 is 0 Å². The molecule has 1 heterocycles. The van der Waals surface area contributed by atoms with Crippen LogP contribution < -0.4 is 15.1 Å². The minimum Gasteiger partial charge on any atom is -0.360 e. The standard InChI is InChI=1S/C24H32N4O2/c1-18-9-10-19(2)21(15-18)25-23(29)16-26(4)24(30)17-27-11-13-28(14-12-27)22-8-6-5-7-20(22)3/h5-10,15H,11-14,16-17H2,1-4H3,(H,25,29)/p+1. The number of aryl methyl sites for hydroxylation is 3. The summed E-state index contributed by atoms with van der Waals surface area (Å²) in [4.78, 5) is 30.2. The van der Waals surface area contributed by atoms with Crippen LogP contribution in [0.1, 0.15) is 16.7 Å². The molecule has 1 fully saturated rings. The van der Waals surface area contributed by atoms with Crippen molar-refractivity contribution in [3.8, 4) is 0 Å². The van der Waals surface area contributed by atoms with Gasteiger partial charge in [-0.1, -0.05) is 30.3 Å². The number of rotatable bonds is 6. The van der Waals surface area contributed by atoms with E-state index >= 15 is 0 Å². The lowest BCUT2D eigenvalue weighted by atomic mass is 10.1. The second kappa shape index (κ2) is 9.76. The quantitative estimate of drug-likeness (QED) is 0.759. The van der Waals surface area contributed by atoms with Gasteiger partial charge in [-0.2, -0.15) is 0 Å². The predicted molar refractivity (Wildman–Crippen MR) is 121 cm³/mol. The zero-order chi connectivity index (χ0) is 21.7. The van der Waals surface area contributed by atoms with E-state index in [1.165, 1.54) is 21.1 Å². The molecule has 2 aromatic carbocycles. The first-order valence-corrected chi connectivity index (χ1v) is 10.6. The van der Waals surface area contributed by atoms with E-state index in [4.69, 9.17) is 0 Å². The Hall–Kier alpha value is -2.86. The fourth-order valence-electron chi connectivity index (χ4n) is 3.87. The highest BCUT2D eigenvalue weighted by Gasteiger charge is 2.25. The number of carbonyl (C=O) groups excluding carboxylic acids is 2. The Bertz CT molecular complexity index is 904. The molecular weight excluding hydrogens is 376 g/mol. The molecule has 0 aliphatic carbocycles. The molecule has 0 atom stereocenters. The van der Waals surface area contributed by atoms with E-state index in [9.17, 15) is 9.59 Å². The third-order valence-corrected chi connectivity index (χ3v) is 5.80. The Morgan fingerprint density at radius 1 is 1.03 bits per heavy atom. The van der Waals surface area contributed by atoms with Crippen molar-refractivity contribution in [1.82, 2.24) is 4.90 Å². The summed E-state index contributed by atoms with van der Waals surface area (Å²) in [5, 5.41) is 2.92. The largest absolute Gasteiger partial charge is 0.360 e. The average Bonchev–Trinajstić information content (AvgIpc) is 2.71. The van der Waals surface area contributed by atoms with Crippen LogP contribution in [0.2, 0.25) is 0 Å². The molecule has 0 radical (unpaired) electrons. The molecule has 6 heteroatoms. The van der Waals surface area contributed by atoms with Crippen molar-refractivity contribution in [3.63, 3.8) is 0 Å². The van der Waals surface area contributed by atoms with Crippen molar-refractivity contribution in [2.75, 3.05) is 56.5 Å². The number of nitrogens with zero attached hydrogens (tertiary/aromatic N) is 2. The lowest BCUT2D eigenvalue weighted by molar-refractivity contribution is -0.892. The summed E-state index contributed by atoms with van der Waals surface area (Å²) in [5.74, 6) is -0.163. The number of hydrogen-bond donors (Lipinski definition) is 2. The first kappa shape index (κ1) is 21.8. The van der Waals surface area contributed by atoms with Crippen molar-refractivity contribution in [2.24, 2.45) is 0 Å². The number of para-hydroxylation sites is 1. The SMILES string of the molecule is Cc1ccc(C)c(NC(=O)CN(C)C(=O)C[NH+]2CCN(c3ccccc3C)CC2)c1. The van der Waals surface area contributed by atoms with Gasteiger partial charge in [0.2, 0.25) is 5.91 Å². The highest BCUT2D eigenvalue weighted by Crippen LogP contribution is 2.19. The van der Waals surface area contributed by atoms with Crippen LogP contribution in [-0.2, 0) is 9.59 Å². The summed E-state index contributed by atoms with van der Waals surface area (Å²) in [6.07, 6.45) is 0. The first-order chi connectivity index (χ1) is 14.3. The van der Waals surface area contributed by atoms with Gasteiger partial charge in [0.05, 0.1) is 32.7 Å². The molecule has 1 aliphatic rings. The summed E-state index contributed by atoms with van der Waals surface area (Å²) in [6, 6.07) is 14.4. The Kier molecular flexibility index (Phi) is 7.11. The number of amides is 2. The maximum Gasteiger partial charge on any atom is 0.277 e. The third-order valence-electron chi connectivity index (χ3n) is 5.80. The maximum atomic E-state index is 12.6. The van der Waals surface area contributed by atoms with Crippen LogP contribution in [0.25, 0.3) is 0 Å². The molecule has 0 bridgehead atoms. The molecule has 0 aromatic heterocycles. The summed E-state index contributed by atoms with van der Waals surface area (Å²) in [5.41, 5.74) is 5.47. The number of anilines is 2. The number of hydrogen-bond acceptors (Lipinski definition) is 3. The summed E-state index contributed by atoms with van der Waals surface area (Å²) in [6.45, 7) is 10.3. The van der Waals surface area contributed by atoms with Crippen LogP contribution in [0.5, 0.6) is 0 Å². The van der Waals surface area contributed by atoms with Crippen LogP contribution in [0.3, 0.4) is 0 Å². The molecule has 0 unspecified atom stereocenters. The van der Waals surface area contributed by atoms with Crippen molar-refractivity contribution >= 4 is 23.2 Å². The van der Waals surface area contributed by atoms with Crippen LogP contribution in [-0.4, -0.2) is 63.0 Å². The molecule has 1 aliphatic heterocycles. The second-order valence-electron chi connectivity index (χ2n) is 8.32. The van der Waals surface area contributed by atoms with Gasteiger partial charge in [0.25, 0.3) is 5.91 Å². The van der Waals surface area contributed by atoms with Gasteiger partial charge in [-0.3, -0.25) is 9.59 Å². The monoisotopic (exact) mass is 409 g/mol. The van der Waals surface area contributed by atoms with Gasteiger partial charge in [0.1, 0.15) is 0 Å². The van der Waals surface area contributed by atoms with Gasteiger partial charge in [-0.15, -0.1) is 0 Å². The summed E-state index contributed by atoms with van der Waals surface area (Å²) >= 11 is 0. The molecule has 0 saturated carbocycles. The number of quaternary nitrogens is 1. The zero-order valence-electron chi connectivity index (χ0n) is 18.5. The predicted octanol–water partition coefficient (Wildman–Crippen LogP) is 1.41. The van der Waals surface area contributed by atoms with E-state index in [1.54, 1.807) is 7.05 Å². The second-order valence-corrected chi connectivity index (χ2v) is 8.32. The highest BCUT2D eigenvalue weighted by molar-refractivity contribution is 5.95. The maximum absolute atomic E-state index is 12.6. The number of carbonyl (C=O) groups is 2. The van der Waals surface area contributed by atoms with E-state index in [0.717, 1.165) is 43.0 Å². The normalized spacial score (nSPS) is 14.5. The Morgan fingerprint density at radius 2 is 1.73 bits per heavy atom. The van der Waals surface area contributed by atoms with Crippen LogP contribution in [0, 0.1) is 20.8 Å². The van der Waals surface area contributed by atoms with Crippen molar-refractivity contribution in [1.29, 1.82) is 0 Å². The van der Waals surface area contributed by atoms with Crippen molar-refractivity contribution < 1.29 is 14.5 Å². The number of likely N-dealkylation sites (N-methyl/N-ethyl adjacent to an activating group) is 1. The molecule has 0 spiro atoms. The molecule has 1 saturated heterocycles. The minimum absolute atomic E-state index is 0.00505. The third kappa shape index (κ3) is 5.60. The molecule has 2 aromatic rings. The molecular formula is C24H33N4O2+. The number of benzene rings is 2. The van der Waals surface area contributed by atoms with Gasteiger partial charge in [-0.25, -0.2) is 0 Å². The van der Waals surface area contributed by atoms with Crippen LogP contribution in [0.4, 0.5) is 11.4 Å². The molecule has 160 valence electrons. The first-order valence-electron chi connectivity index (χ1n) is 10.6. The summed E-state index contributed by atoms with van der Waals surface area (Å²) < 4.78 is 0. The molecule has 6 nitrogen and oxygen atoms in total. The van der Waals surface area contributed by atoms with Crippen molar-refractivity contribution in [3.05, 3.63) is 59.2 Å². The Balaban J connectivity index is 1.46. The lowest BCUT2D eigenvalue weighted by Gasteiger charge is -2.34. The number of piperazine rings is 1. The van der Waals surface area contributed by atoms with E-state index in [1.807, 2.05) is 32.0 Å². The topological polar surface area (TPSA) is 57.1 Å². The van der Waals surface area contributed by atoms with Crippen LogP contribution in [0.15, 0.2) is 42.5 Å². The lowest BCUT2D eigenvalue weighted by Crippen LogP contribution is -3.15. The molecule has 30 heavy (non-hydrogen) atoms. The van der Waals surface area contributed by atoms with E-state index in [2.05, 4.69) is 41.4 Å². The number of nitrogens with one attached hydrogen (secondary N) is 2. The van der Waals surface area contributed by atoms with Crippen molar-refractivity contribution in [2.45, 2.75) is 20.8 Å². The van der Waals surface area contributed by atoms with Gasteiger partial charge < -0.3 is 20.0 Å². The van der Waals surface area contributed by atoms with E-state index in [0.29, 0.717) is 6.54 Å². The van der Waals surface area contributed by atoms with E-state index in [-0.39, 0.29) is 18.4 Å².